The van der Waals surface area contributed by atoms with Crippen LogP contribution in [0.4, 0.5) is 5.69 Å². The van der Waals surface area contributed by atoms with Gasteiger partial charge in [0.15, 0.2) is 0 Å². The molecule has 1 N–H and O–H groups in total. The molecule has 0 spiro atoms. The van der Waals surface area contributed by atoms with Crippen LogP contribution in [0.15, 0.2) is 12.4 Å². The highest BCUT2D eigenvalue weighted by Gasteiger charge is 2.38. The third-order valence-electron chi connectivity index (χ3n) is 4.71. The highest BCUT2D eigenvalue weighted by atomic mass is 15.3. The average Bonchev–Trinajstić information content (AvgIpc) is 2.84. The molecule has 0 aromatic carbocycles. The lowest BCUT2D eigenvalue weighted by atomic mass is 9.86. The molecule has 1 aliphatic rings. The number of nitrogens with one attached hydrogen (secondary N) is 1. The fourth-order valence-electron chi connectivity index (χ4n) is 3.09. The van der Waals surface area contributed by atoms with Gasteiger partial charge >= 0.3 is 0 Å². The van der Waals surface area contributed by atoms with E-state index in [-0.39, 0.29) is 5.54 Å². The number of aryl methyl sites for hydroxylation is 1. The molecule has 1 aromatic rings. The standard InChI is InChI=1S/C15H28N4/c1-6-15(7-2)11-19(13-8-17-18(5)10-13)14(9-16-15)12(3)4/h8,10,12,14,16H,6-7,9,11H2,1-5H3. The van der Waals surface area contributed by atoms with E-state index in [4.69, 9.17) is 0 Å². The van der Waals surface area contributed by atoms with Crippen LogP contribution in [0.2, 0.25) is 0 Å². The van der Waals surface area contributed by atoms with Crippen LogP contribution in [0.25, 0.3) is 0 Å². The summed E-state index contributed by atoms with van der Waals surface area (Å²) in [7, 11) is 1.99. The lowest BCUT2D eigenvalue weighted by Gasteiger charge is -2.49. The van der Waals surface area contributed by atoms with Crippen molar-refractivity contribution in [1.82, 2.24) is 15.1 Å². The minimum Gasteiger partial charge on any atom is -0.363 e. The Bertz CT molecular complexity index is 406. The zero-order valence-electron chi connectivity index (χ0n) is 13.0. The Kier molecular flexibility index (Phi) is 4.19. The van der Waals surface area contributed by atoms with Crippen molar-refractivity contribution >= 4 is 5.69 Å². The third kappa shape index (κ3) is 2.78. The Hall–Kier alpha value is -1.03. The molecule has 2 rings (SSSR count). The van der Waals surface area contributed by atoms with E-state index in [1.54, 1.807) is 0 Å². The van der Waals surface area contributed by atoms with E-state index in [2.05, 4.69) is 49.2 Å². The second-order valence-corrected chi connectivity index (χ2v) is 6.18. The summed E-state index contributed by atoms with van der Waals surface area (Å²) in [5, 5.41) is 8.14. The molecule has 1 atom stereocenters. The van der Waals surface area contributed by atoms with Gasteiger partial charge < -0.3 is 10.2 Å². The van der Waals surface area contributed by atoms with E-state index in [9.17, 15) is 0 Å². The predicted octanol–water partition coefficient (Wildman–Crippen LogP) is 2.41. The molecule has 4 heteroatoms. The molecule has 1 aromatic heterocycles. The summed E-state index contributed by atoms with van der Waals surface area (Å²) in [4.78, 5) is 2.56. The fraction of sp³-hybridized carbons (Fsp3) is 0.800. The topological polar surface area (TPSA) is 33.1 Å². The Morgan fingerprint density at radius 2 is 2.11 bits per heavy atom. The van der Waals surface area contributed by atoms with Crippen LogP contribution in [0, 0.1) is 5.92 Å². The number of hydrogen-bond acceptors (Lipinski definition) is 3. The Morgan fingerprint density at radius 1 is 1.42 bits per heavy atom. The second-order valence-electron chi connectivity index (χ2n) is 6.18. The summed E-state index contributed by atoms with van der Waals surface area (Å²) in [5.74, 6) is 0.638. The lowest BCUT2D eigenvalue weighted by Crippen LogP contribution is -2.65. The number of rotatable bonds is 4. The number of hydrogen-bond donors (Lipinski definition) is 1. The first-order valence-corrected chi connectivity index (χ1v) is 7.51. The molecule has 1 saturated heterocycles. The quantitative estimate of drug-likeness (QED) is 0.906. The van der Waals surface area contributed by atoms with Gasteiger partial charge in [-0.25, -0.2) is 0 Å². The molecule has 0 bridgehead atoms. The Balaban J connectivity index is 2.27. The van der Waals surface area contributed by atoms with Crippen LogP contribution in [-0.4, -0.2) is 34.5 Å². The van der Waals surface area contributed by atoms with Crippen LogP contribution in [0.3, 0.4) is 0 Å². The van der Waals surface area contributed by atoms with E-state index >= 15 is 0 Å². The Morgan fingerprint density at radius 3 is 2.58 bits per heavy atom. The van der Waals surface area contributed by atoms with Gasteiger partial charge in [0, 0.05) is 37.9 Å². The summed E-state index contributed by atoms with van der Waals surface area (Å²) in [6.07, 6.45) is 6.48. The molecular formula is C15H28N4. The van der Waals surface area contributed by atoms with Crippen LogP contribution in [0.1, 0.15) is 40.5 Å². The first-order chi connectivity index (χ1) is 9.01. The zero-order valence-corrected chi connectivity index (χ0v) is 13.0. The van der Waals surface area contributed by atoms with Crippen molar-refractivity contribution in [2.45, 2.75) is 52.1 Å². The SMILES string of the molecule is CCC1(CC)CN(c2cnn(C)c2)C(C(C)C)CN1. The summed E-state index contributed by atoms with van der Waals surface area (Å²) in [6.45, 7) is 11.3. The Labute approximate surface area is 117 Å². The van der Waals surface area contributed by atoms with Crippen molar-refractivity contribution in [2.24, 2.45) is 13.0 Å². The number of aromatic nitrogens is 2. The van der Waals surface area contributed by atoms with Gasteiger partial charge in [0.05, 0.1) is 11.9 Å². The fourth-order valence-corrected chi connectivity index (χ4v) is 3.09. The predicted molar refractivity (Wildman–Crippen MR) is 80.5 cm³/mol. The summed E-state index contributed by atoms with van der Waals surface area (Å²) in [6, 6.07) is 0.551. The molecule has 108 valence electrons. The molecule has 1 aliphatic heterocycles. The number of nitrogens with zero attached hydrogens (tertiary/aromatic N) is 3. The van der Waals surface area contributed by atoms with Crippen molar-refractivity contribution in [1.29, 1.82) is 0 Å². The van der Waals surface area contributed by atoms with Crippen molar-refractivity contribution in [2.75, 3.05) is 18.0 Å². The highest BCUT2D eigenvalue weighted by Crippen LogP contribution is 2.29. The highest BCUT2D eigenvalue weighted by molar-refractivity contribution is 5.45. The summed E-state index contributed by atoms with van der Waals surface area (Å²) < 4.78 is 1.90. The maximum Gasteiger partial charge on any atom is 0.0756 e. The van der Waals surface area contributed by atoms with Crippen molar-refractivity contribution in [3.8, 4) is 0 Å². The third-order valence-corrected chi connectivity index (χ3v) is 4.71. The maximum atomic E-state index is 4.34. The number of anilines is 1. The molecule has 1 fully saturated rings. The zero-order chi connectivity index (χ0) is 14.0. The van der Waals surface area contributed by atoms with Gasteiger partial charge in [-0.3, -0.25) is 4.68 Å². The van der Waals surface area contributed by atoms with E-state index in [1.165, 1.54) is 18.5 Å². The molecule has 0 aliphatic carbocycles. The molecule has 0 saturated carbocycles. The van der Waals surface area contributed by atoms with E-state index in [1.807, 2.05) is 17.9 Å². The van der Waals surface area contributed by atoms with Gasteiger partial charge in [-0.05, 0) is 18.8 Å². The monoisotopic (exact) mass is 264 g/mol. The van der Waals surface area contributed by atoms with E-state index in [0.29, 0.717) is 12.0 Å². The molecule has 0 amide bonds. The van der Waals surface area contributed by atoms with Gasteiger partial charge in [0.2, 0.25) is 0 Å². The minimum atomic E-state index is 0.251. The number of piperazine rings is 1. The van der Waals surface area contributed by atoms with Gasteiger partial charge in [-0.1, -0.05) is 27.7 Å². The van der Waals surface area contributed by atoms with Crippen LogP contribution in [-0.2, 0) is 7.05 Å². The molecule has 1 unspecified atom stereocenters. The molecule has 2 heterocycles. The van der Waals surface area contributed by atoms with E-state index in [0.717, 1.165) is 13.1 Å². The minimum absolute atomic E-state index is 0.251. The van der Waals surface area contributed by atoms with Crippen LogP contribution < -0.4 is 10.2 Å². The van der Waals surface area contributed by atoms with Crippen molar-refractivity contribution in [3.63, 3.8) is 0 Å². The normalized spacial score (nSPS) is 23.1. The van der Waals surface area contributed by atoms with Crippen molar-refractivity contribution < 1.29 is 0 Å². The molecule has 4 nitrogen and oxygen atoms in total. The van der Waals surface area contributed by atoms with Crippen LogP contribution in [0.5, 0.6) is 0 Å². The van der Waals surface area contributed by atoms with Gasteiger partial charge in [-0.15, -0.1) is 0 Å². The van der Waals surface area contributed by atoms with Gasteiger partial charge in [0.25, 0.3) is 0 Å². The van der Waals surface area contributed by atoms with Gasteiger partial charge in [0.1, 0.15) is 0 Å². The largest absolute Gasteiger partial charge is 0.363 e. The average molecular weight is 264 g/mol. The lowest BCUT2D eigenvalue weighted by molar-refractivity contribution is 0.227. The van der Waals surface area contributed by atoms with E-state index < -0.39 is 0 Å². The second kappa shape index (κ2) is 5.53. The summed E-state index contributed by atoms with van der Waals surface area (Å²) >= 11 is 0. The summed E-state index contributed by atoms with van der Waals surface area (Å²) in [5.41, 5.74) is 1.51. The van der Waals surface area contributed by atoms with Crippen LogP contribution >= 0.6 is 0 Å². The molecule has 0 radical (unpaired) electrons. The van der Waals surface area contributed by atoms with Gasteiger partial charge in [-0.2, -0.15) is 5.10 Å². The van der Waals surface area contributed by atoms with Crippen molar-refractivity contribution in [3.05, 3.63) is 12.4 Å². The smallest absolute Gasteiger partial charge is 0.0756 e. The first kappa shape index (κ1) is 14.4. The molecular weight excluding hydrogens is 236 g/mol. The maximum absolute atomic E-state index is 4.34. The first-order valence-electron chi connectivity index (χ1n) is 7.51. The molecule has 19 heavy (non-hydrogen) atoms.